The van der Waals surface area contributed by atoms with Crippen molar-refractivity contribution in [3.8, 4) is 0 Å². The van der Waals surface area contributed by atoms with E-state index in [1.807, 2.05) is 6.92 Å². The predicted octanol–water partition coefficient (Wildman–Crippen LogP) is 3.80. The Kier molecular flexibility index (Phi) is 4.67. The number of anilines is 2. The molecule has 1 aliphatic heterocycles. The zero-order valence-corrected chi connectivity index (χ0v) is 15.4. The molecular weight excluding hydrogens is 381 g/mol. The third kappa shape index (κ3) is 3.78. The van der Waals surface area contributed by atoms with Gasteiger partial charge in [0.15, 0.2) is 0 Å². The smallest absolute Gasteiger partial charge is 0.309 e. The molecule has 3 rings (SSSR count). The number of carbonyl (C=O) groups excluding carboxylic acids is 1. The highest BCUT2D eigenvalue weighted by Gasteiger charge is 2.32. The fourth-order valence-electron chi connectivity index (χ4n) is 3.23. The van der Waals surface area contributed by atoms with Crippen molar-refractivity contribution in [2.75, 3.05) is 9.62 Å². The number of nitrogens with zero attached hydrogens (tertiary/aromatic N) is 1. The number of hydrogen-bond acceptors (Lipinski definition) is 3. The summed E-state index contributed by atoms with van der Waals surface area (Å²) in [7, 11) is -4.07. The number of hydrogen-bond donors (Lipinski definition) is 1. The van der Waals surface area contributed by atoms with Crippen LogP contribution in [-0.2, 0) is 27.4 Å². The number of alkyl halides is 3. The molecule has 27 heavy (non-hydrogen) atoms. The summed E-state index contributed by atoms with van der Waals surface area (Å²) in [4.78, 5) is 13.3. The van der Waals surface area contributed by atoms with Crippen LogP contribution in [-0.4, -0.2) is 20.4 Å². The van der Waals surface area contributed by atoms with E-state index in [1.54, 1.807) is 11.0 Å². The first-order chi connectivity index (χ1) is 12.5. The molecule has 1 N–H and O–H groups in total. The molecule has 0 spiro atoms. The van der Waals surface area contributed by atoms with Gasteiger partial charge in [-0.05, 0) is 55.3 Å². The van der Waals surface area contributed by atoms with Crippen LogP contribution in [0.5, 0.6) is 0 Å². The largest absolute Gasteiger partial charge is 0.416 e. The van der Waals surface area contributed by atoms with Gasteiger partial charge in [-0.2, -0.15) is 13.2 Å². The quantitative estimate of drug-likeness (QED) is 0.855. The monoisotopic (exact) mass is 398 g/mol. The molecule has 0 saturated carbocycles. The third-order valence-electron chi connectivity index (χ3n) is 4.36. The van der Waals surface area contributed by atoms with Crippen molar-refractivity contribution < 1.29 is 26.4 Å². The Hall–Kier alpha value is -2.55. The lowest BCUT2D eigenvalue weighted by Gasteiger charge is -2.20. The zero-order valence-electron chi connectivity index (χ0n) is 14.5. The number of fused-ring (bicyclic) bond motifs is 1. The topological polar surface area (TPSA) is 66.5 Å². The second-order valence-electron chi connectivity index (χ2n) is 6.42. The molecule has 2 aromatic carbocycles. The van der Waals surface area contributed by atoms with Gasteiger partial charge < -0.3 is 4.90 Å². The van der Waals surface area contributed by atoms with Crippen LogP contribution >= 0.6 is 0 Å². The molecule has 9 heteroatoms. The van der Waals surface area contributed by atoms with Crippen molar-refractivity contribution in [2.24, 2.45) is 0 Å². The summed E-state index contributed by atoms with van der Waals surface area (Å²) in [5.41, 5.74) is 0.226. The van der Waals surface area contributed by atoms with Crippen molar-refractivity contribution in [3.63, 3.8) is 0 Å². The Bertz CT molecular complexity index is 1000. The van der Waals surface area contributed by atoms with Gasteiger partial charge in [0.2, 0.25) is 5.91 Å². The van der Waals surface area contributed by atoms with E-state index in [4.69, 9.17) is 0 Å². The Morgan fingerprint density at radius 3 is 2.52 bits per heavy atom. The number of nitrogens with one attached hydrogen (secondary N) is 1. The van der Waals surface area contributed by atoms with Crippen molar-refractivity contribution in [2.45, 2.75) is 37.4 Å². The maximum Gasteiger partial charge on any atom is 0.416 e. The molecule has 0 aliphatic carbocycles. The van der Waals surface area contributed by atoms with Gasteiger partial charge in [-0.3, -0.25) is 9.52 Å². The standard InChI is InChI=1S/C18H17F3N2O3S/c1-11-8-13-9-16(6-7-17(13)23(11)12(2)24)27(25,26)22-15-5-3-4-14(10-15)18(19,20)21/h3-7,9-11,22H,8H2,1-2H3. The van der Waals surface area contributed by atoms with Gasteiger partial charge in [-0.25, -0.2) is 8.42 Å². The minimum Gasteiger partial charge on any atom is -0.309 e. The number of halogens is 3. The molecule has 5 nitrogen and oxygen atoms in total. The number of rotatable bonds is 3. The lowest BCUT2D eigenvalue weighted by atomic mass is 10.1. The van der Waals surface area contributed by atoms with E-state index in [0.717, 1.165) is 18.2 Å². The Labute approximate surface area is 154 Å². The molecule has 0 saturated heterocycles. The van der Waals surface area contributed by atoms with E-state index >= 15 is 0 Å². The van der Waals surface area contributed by atoms with E-state index in [1.165, 1.54) is 25.1 Å². The van der Waals surface area contributed by atoms with E-state index in [9.17, 15) is 26.4 Å². The molecular formula is C18H17F3N2O3S. The van der Waals surface area contributed by atoms with Crippen LogP contribution in [0.25, 0.3) is 0 Å². The maximum atomic E-state index is 12.8. The van der Waals surface area contributed by atoms with Crippen molar-refractivity contribution in [1.82, 2.24) is 0 Å². The van der Waals surface area contributed by atoms with Crippen LogP contribution in [0.2, 0.25) is 0 Å². The lowest BCUT2D eigenvalue weighted by Crippen LogP contribution is -2.33. The number of carbonyl (C=O) groups is 1. The fourth-order valence-corrected chi connectivity index (χ4v) is 4.33. The normalized spacial score (nSPS) is 16.9. The van der Waals surface area contributed by atoms with E-state index in [2.05, 4.69) is 4.72 Å². The molecule has 0 fully saturated rings. The van der Waals surface area contributed by atoms with Crippen LogP contribution < -0.4 is 9.62 Å². The highest BCUT2D eigenvalue weighted by molar-refractivity contribution is 7.92. The fraction of sp³-hybridized carbons (Fsp3) is 0.278. The summed E-state index contributed by atoms with van der Waals surface area (Å²) in [5, 5.41) is 0. The van der Waals surface area contributed by atoms with Crippen LogP contribution in [0, 0.1) is 0 Å². The molecule has 0 aromatic heterocycles. The first-order valence-corrected chi connectivity index (χ1v) is 9.60. The first kappa shape index (κ1) is 19.2. The van der Waals surface area contributed by atoms with Crippen LogP contribution in [0.3, 0.4) is 0 Å². The average Bonchev–Trinajstić information content (AvgIpc) is 2.88. The first-order valence-electron chi connectivity index (χ1n) is 8.12. The van der Waals surface area contributed by atoms with Crippen LogP contribution in [0.15, 0.2) is 47.4 Å². The summed E-state index contributed by atoms with van der Waals surface area (Å²) in [6.45, 7) is 3.29. The molecule has 1 aliphatic rings. The van der Waals surface area contributed by atoms with Crippen LogP contribution in [0.4, 0.5) is 24.5 Å². The summed E-state index contributed by atoms with van der Waals surface area (Å²) in [6, 6.07) is 8.23. The molecule has 0 bridgehead atoms. The number of amides is 1. The summed E-state index contributed by atoms with van der Waals surface area (Å²) in [6.07, 6.45) is -4.07. The predicted molar refractivity (Wildman–Crippen MR) is 95.0 cm³/mol. The van der Waals surface area contributed by atoms with Gasteiger partial charge in [0.25, 0.3) is 10.0 Å². The molecule has 1 amide bonds. The van der Waals surface area contributed by atoms with E-state index < -0.39 is 21.8 Å². The van der Waals surface area contributed by atoms with Crippen molar-refractivity contribution in [1.29, 1.82) is 0 Å². The van der Waals surface area contributed by atoms with Gasteiger partial charge in [-0.15, -0.1) is 0 Å². The van der Waals surface area contributed by atoms with Gasteiger partial charge >= 0.3 is 6.18 Å². The van der Waals surface area contributed by atoms with Gasteiger partial charge in [0.05, 0.1) is 10.5 Å². The van der Waals surface area contributed by atoms with Gasteiger partial charge in [-0.1, -0.05) is 6.07 Å². The zero-order chi connectivity index (χ0) is 20.0. The number of benzene rings is 2. The highest BCUT2D eigenvalue weighted by Crippen LogP contribution is 2.35. The van der Waals surface area contributed by atoms with Crippen molar-refractivity contribution in [3.05, 3.63) is 53.6 Å². The van der Waals surface area contributed by atoms with E-state index in [0.29, 0.717) is 17.7 Å². The maximum absolute atomic E-state index is 12.8. The minimum absolute atomic E-state index is 0.0729. The number of sulfonamides is 1. The molecule has 1 atom stereocenters. The second-order valence-corrected chi connectivity index (χ2v) is 8.10. The molecule has 1 heterocycles. The minimum atomic E-state index is -4.57. The van der Waals surface area contributed by atoms with E-state index in [-0.39, 0.29) is 22.5 Å². The Morgan fingerprint density at radius 1 is 1.19 bits per heavy atom. The highest BCUT2D eigenvalue weighted by atomic mass is 32.2. The van der Waals surface area contributed by atoms with Gasteiger partial charge in [0.1, 0.15) is 0 Å². The molecule has 1 unspecified atom stereocenters. The Balaban J connectivity index is 1.91. The summed E-state index contributed by atoms with van der Waals surface area (Å²) in [5.74, 6) is -0.140. The molecule has 0 radical (unpaired) electrons. The third-order valence-corrected chi connectivity index (χ3v) is 5.74. The summed E-state index contributed by atoms with van der Waals surface area (Å²) >= 11 is 0. The second kappa shape index (κ2) is 6.56. The average molecular weight is 398 g/mol. The van der Waals surface area contributed by atoms with Crippen molar-refractivity contribution >= 4 is 27.3 Å². The summed E-state index contributed by atoms with van der Waals surface area (Å²) < 4.78 is 65.8. The molecule has 2 aromatic rings. The Morgan fingerprint density at radius 2 is 1.89 bits per heavy atom. The van der Waals surface area contributed by atoms with Crippen LogP contribution in [0.1, 0.15) is 25.0 Å². The SMILES string of the molecule is CC(=O)N1c2ccc(S(=O)(=O)Nc3cccc(C(F)(F)F)c3)cc2CC1C. The lowest BCUT2D eigenvalue weighted by molar-refractivity contribution is -0.137. The van der Waals surface area contributed by atoms with Gasteiger partial charge in [0, 0.05) is 24.3 Å². The molecule has 144 valence electrons.